The summed E-state index contributed by atoms with van der Waals surface area (Å²) < 4.78 is 15.2. The maximum Gasteiger partial charge on any atom is 0.341 e. The Kier molecular flexibility index (Phi) is 6.04. The number of halogens is 1. The van der Waals surface area contributed by atoms with Gasteiger partial charge in [-0.1, -0.05) is 0 Å². The zero-order valence-electron chi connectivity index (χ0n) is 20.2. The summed E-state index contributed by atoms with van der Waals surface area (Å²) in [7, 11) is 0. The topological polar surface area (TPSA) is 217 Å². The Hall–Kier alpha value is -3.81. The van der Waals surface area contributed by atoms with E-state index in [1.807, 2.05) is 4.90 Å². The molecule has 4 aliphatic rings. The lowest BCUT2D eigenvalue weighted by atomic mass is 9.59. The lowest BCUT2D eigenvalue weighted by molar-refractivity contribution is -0.147. The number of Topliss-reactive ketones (excluding diaryl/α,β-unsaturated/α-hetero) is 2. The molecule has 5 rings (SSSR count). The van der Waals surface area contributed by atoms with Gasteiger partial charge in [0.15, 0.2) is 17.1 Å². The first-order valence-electron chi connectivity index (χ1n) is 12.2. The standard InChI is InChI=1S/C25H27FN4O8/c26-12-7-13(29-14(31)8-30-3-1-2-4-30)20(32)16-10(12)5-9-6-11-18(27)19(28)17(24(36)37)23(35)25(11,38)22(34)15(9)21(16)33/h7,9,11,18,32,34,38H,1-6,8,27-28H2,(H,29,31)(H,36,37)/t9-,11-,18-,25-/m0/s1. The number of fused-ring (bicyclic) bond motifs is 3. The summed E-state index contributed by atoms with van der Waals surface area (Å²) in [6.45, 7) is 1.46. The molecule has 0 radical (unpaired) electrons. The van der Waals surface area contributed by atoms with Gasteiger partial charge in [0.05, 0.1) is 23.8 Å². The lowest BCUT2D eigenvalue weighted by Crippen LogP contribution is -2.63. The predicted molar refractivity (Wildman–Crippen MR) is 128 cm³/mol. The van der Waals surface area contributed by atoms with E-state index >= 15 is 4.39 Å². The van der Waals surface area contributed by atoms with Crippen molar-refractivity contribution < 1.29 is 44.0 Å². The monoisotopic (exact) mass is 530 g/mol. The molecule has 38 heavy (non-hydrogen) atoms. The van der Waals surface area contributed by atoms with E-state index in [-0.39, 0.29) is 30.6 Å². The molecule has 0 saturated carbocycles. The van der Waals surface area contributed by atoms with Gasteiger partial charge in [-0.25, -0.2) is 9.18 Å². The largest absolute Gasteiger partial charge is 0.508 e. The summed E-state index contributed by atoms with van der Waals surface area (Å²) in [5.41, 5.74) is 6.04. The third-order valence-corrected chi connectivity index (χ3v) is 8.08. The van der Waals surface area contributed by atoms with E-state index in [2.05, 4.69) is 5.32 Å². The third kappa shape index (κ3) is 3.61. The minimum absolute atomic E-state index is 0.0133. The number of rotatable bonds is 4. The number of nitrogens with one attached hydrogen (secondary N) is 1. The molecule has 0 bridgehead atoms. The highest BCUT2D eigenvalue weighted by molar-refractivity contribution is 6.23. The van der Waals surface area contributed by atoms with Crippen LogP contribution in [0.4, 0.5) is 10.1 Å². The molecule has 202 valence electrons. The normalized spacial score (nSPS) is 29.2. The van der Waals surface area contributed by atoms with Crippen molar-refractivity contribution in [3.63, 3.8) is 0 Å². The van der Waals surface area contributed by atoms with Crippen LogP contribution in [0.1, 0.15) is 35.2 Å². The van der Waals surface area contributed by atoms with Crippen LogP contribution in [0.5, 0.6) is 5.75 Å². The molecule has 1 aromatic rings. The second kappa shape index (κ2) is 8.89. The number of amides is 1. The van der Waals surface area contributed by atoms with Crippen LogP contribution in [0.15, 0.2) is 28.7 Å². The maximum atomic E-state index is 15.2. The third-order valence-electron chi connectivity index (χ3n) is 8.08. The number of carbonyl (C=O) groups is 4. The van der Waals surface area contributed by atoms with Gasteiger partial charge in [0.2, 0.25) is 11.7 Å². The number of aliphatic hydroxyl groups excluding tert-OH is 1. The molecule has 12 nitrogen and oxygen atoms in total. The number of anilines is 1. The molecule has 0 aromatic heterocycles. The number of nitrogens with two attached hydrogens (primary N) is 2. The minimum Gasteiger partial charge on any atom is -0.508 e. The summed E-state index contributed by atoms with van der Waals surface area (Å²) in [4.78, 5) is 52.7. The summed E-state index contributed by atoms with van der Waals surface area (Å²) in [6, 6.07) is -0.442. The Morgan fingerprint density at radius 2 is 1.87 bits per heavy atom. The molecule has 3 aliphatic carbocycles. The number of carbonyl (C=O) groups excluding carboxylic acids is 3. The number of aromatic hydroxyl groups is 1. The maximum absolute atomic E-state index is 15.2. The van der Waals surface area contributed by atoms with Crippen LogP contribution in [0.3, 0.4) is 0 Å². The first-order valence-corrected chi connectivity index (χ1v) is 12.2. The van der Waals surface area contributed by atoms with Crippen LogP contribution in [0.2, 0.25) is 0 Å². The molecule has 4 atom stereocenters. The zero-order chi connectivity index (χ0) is 27.7. The second-order valence-electron chi connectivity index (χ2n) is 10.2. The highest BCUT2D eigenvalue weighted by Crippen LogP contribution is 2.51. The summed E-state index contributed by atoms with van der Waals surface area (Å²) >= 11 is 0. The van der Waals surface area contributed by atoms with Gasteiger partial charge in [0, 0.05) is 28.8 Å². The van der Waals surface area contributed by atoms with Gasteiger partial charge in [0.25, 0.3) is 0 Å². The number of phenols is 1. The number of carboxylic acids is 1. The predicted octanol–water partition coefficient (Wildman–Crippen LogP) is -0.309. The van der Waals surface area contributed by atoms with E-state index in [1.54, 1.807) is 0 Å². The minimum atomic E-state index is -2.86. The van der Waals surface area contributed by atoms with Crippen molar-refractivity contribution >= 4 is 29.1 Å². The number of nitrogens with zero attached hydrogens (tertiary/aromatic N) is 1. The summed E-state index contributed by atoms with van der Waals surface area (Å²) in [5, 5.41) is 45.2. The molecule has 1 saturated heterocycles. The fraction of sp³-hybridized carbons (Fsp3) is 0.440. The van der Waals surface area contributed by atoms with Gasteiger partial charge in [0.1, 0.15) is 17.1 Å². The van der Waals surface area contributed by atoms with Gasteiger partial charge in [-0.2, -0.15) is 0 Å². The quantitative estimate of drug-likeness (QED) is 0.198. The van der Waals surface area contributed by atoms with Crippen molar-refractivity contribution in [2.45, 2.75) is 37.3 Å². The van der Waals surface area contributed by atoms with E-state index < -0.39 is 86.7 Å². The van der Waals surface area contributed by atoms with Crippen LogP contribution >= 0.6 is 0 Å². The van der Waals surface area contributed by atoms with Crippen molar-refractivity contribution in [2.75, 3.05) is 25.0 Å². The van der Waals surface area contributed by atoms with Crippen molar-refractivity contribution in [3.8, 4) is 5.75 Å². The Bertz CT molecular complexity index is 1370. The SMILES string of the molecule is NC1=C(C(=O)O)C(=O)[C@@]2(O)C(O)=C3C(=O)c4c(O)c(NC(=O)CN5CCCC5)cc(F)c4C[C@H]3C[C@H]2[C@@H]1N. The van der Waals surface area contributed by atoms with E-state index in [0.717, 1.165) is 32.0 Å². The molecule has 1 heterocycles. The van der Waals surface area contributed by atoms with Crippen LogP contribution in [0, 0.1) is 17.7 Å². The number of benzene rings is 1. The number of aliphatic hydroxyl groups is 2. The number of hydrogen-bond acceptors (Lipinski definition) is 10. The molecular weight excluding hydrogens is 503 g/mol. The van der Waals surface area contributed by atoms with E-state index in [0.29, 0.717) is 0 Å². The molecular formula is C25H27FN4O8. The first-order chi connectivity index (χ1) is 17.9. The number of phenolic OH excluding ortho intramolecular Hbond substituents is 1. The Morgan fingerprint density at radius 1 is 1.21 bits per heavy atom. The zero-order valence-corrected chi connectivity index (χ0v) is 20.2. The van der Waals surface area contributed by atoms with Crippen LogP contribution < -0.4 is 16.8 Å². The molecule has 0 spiro atoms. The van der Waals surface area contributed by atoms with E-state index in [1.165, 1.54) is 0 Å². The average molecular weight is 531 g/mol. The van der Waals surface area contributed by atoms with Crippen molar-refractivity contribution in [1.29, 1.82) is 0 Å². The highest BCUT2D eigenvalue weighted by atomic mass is 19.1. The van der Waals surface area contributed by atoms with Gasteiger partial charge < -0.3 is 37.2 Å². The lowest BCUT2D eigenvalue weighted by Gasteiger charge is -2.48. The van der Waals surface area contributed by atoms with Crippen molar-refractivity contribution in [3.05, 3.63) is 45.6 Å². The highest BCUT2D eigenvalue weighted by Gasteiger charge is 2.62. The summed E-state index contributed by atoms with van der Waals surface area (Å²) in [6.07, 6.45) is 1.48. The van der Waals surface area contributed by atoms with Gasteiger partial charge in [-0.15, -0.1) is 0 Å². The van der Waals surface area contributed by atoms with Gasteiger partial charge in [-0.05, 0) is 44.7 Å². The number of likely N-dealkylation sites (tertiary alicyclic amines) is 1. The van der Waals surface area contributed by atoms with Gasteiger partial charge >= 0.3 is 5.97 Å². The number of aliphatic carboxylic acids is 1. The molecule has 0 unspecified atom stereocenters. The molecule has 13 heteroatoms. The van der Waals surface area contributed by atoms with E-state index in [4.69, 9.17) is 11.5 Å². The molecule has 9 N–H and O–H groups in total. The number of allylic oxidation sites excluding steroid dienone is 1. The fourth-order valence-corrected chi connectivity index (χ4v) is 6.19. The Labute approximate surface area is 215 Å². The van der Waals surface area contributed by atoms with Crippen molar-refractivity contribution in [1.82, 2.24) is 4.90 Å². The Morgan fingerprint density at radius 3 is 2.50 bits per heavy atom. The molecule has 1 aromatic carbocycles. The molecule has 1 aliphatic heterocycles. The van der Waals surface area contributed by atoms with E-state index in [9.17, 15) is 39.6 Å². The Balaban J connectivity index is 1.56. The van der Waals surface area contributed by atoms with Crippen LogP contribution in [-0.4, -0.2) is 80.0 Å². The number of ketones is 2. The first kappa shape index (κ1) is 25.8. The number of hydrogen-bond donors (Lipinski definition) is 7. The van der Waals surface area contributed by atoms with Crippen LogP contribution in [0.25, 0.3) is 0 Å². The number of carboxylic acid groups (broad SMARTS) is 1. The smallest absolute Gasteiger partial charge is 0.341 e. The average Bonchev–Trinajstić information content (AvgIpc) is 3.35. The fourth-order valence-electron chi connectivity index (χ4n) is 6.19. The molecule has 1 amide bonds. The van der Waals surface area contributed by atoms with Crippen molar-refractivity contribution in [2.24, 2.45) is 23.3 Å². The molecule has 1 fully saturated rings. The van der Waals surface area contributed by atoms with Gasteiger partial charge in [-0.3, -0.25) is 19.3 Å². The second-order valence-corrected chi connectivity index (χ2v) is 10.2. The van der Waals surface area contributed by atoms with Crippen LogP contribution in [-0.2, 0) is 20.8 Å². The summed E-state index contributed by atoms with van der Waals surface area (Å²) in [5.74, 6) is -9.68.